The van der Waals surface area contributed by atoms with Crippen LogP contribution in [0.2, 0.25) is 0 Å². The monoisotopic (exact) mass is 139 g/mol. The van der Waals surface area contributed by atoms with Gasteiger partial charge in [-0.05, 0) is 19.1 Å². The minimum Gasteiger partial charge on any atom is -0.463 e. The van der Waals surface area contributed by atoms with Gasteiger partial charge in [-0.15, -0.1) is 0 Å². The highest BCUT2D eigenvalue weighted by molar-refractivity contribution is 5.96. The quantitative estimate of drug-likeness (QED) is 0.622. The maximum absolute atomic E-state index is 8.41. The van der Waals surface area contributed by atoms with Gasteiger partial charge in [0.25, 0.3) is 0 Å². The van der Waals surface area contributed by atoms with Crippen LogP contribution in [0.5, 0.6) is 0 Å². The van der Waals surface area contributed by atoms with Crippen molar-refractivity contribution in [2.24, 2.45) is 4.99 Å². The first kappa shape index (κ1) is 7.02. The summed E-state index contributed by atoms with van der Waals surface area (Å²) in [6.07, 6.45) is 1.58. The fourth-order valence-electron chi connectivity index (χ4n) is 0.668. The number of aliphatic imine (C=N–C) groups is 1. The lowest BCUT2D eigenvalue weighted by Gasteiger charge is -1.91. The molecule has 1 heterocycles. The first-order valence-corrected chi connectivity index (χ1v) is 3.00. The van der Waals surface area contributed by atoms with Gasteiger partial charge in [0.05, 0.1) is 12.0 Å². The van der Waals surface area contributed by atoms with Gasteiger partial charge < -0.3 is 9.52 Å². The van der Waals surface area contributed by atoms with Crippen LogP contribution in [-0.2, 0) is 0 Å². The molecule has 1 rings (SSSR count). The Hall–Kier alpha value is -1.09. The van der Waals surface area contributed by atoms with E-state index in [-0.39, 0.29) is 6.73 Å². The smallest absolute Gasteiger partial charge is 0.147 e. The second-order valence-corrected chi connectivity index (χ2v) is 1.86. The number of hydrogen-bond acceptors (Lipinski definition) is 3. The van der Waals surface area contributed by atoms with Crippen LogP contribution in [0.3, 0.4) is 0 Å². The summed E-state index contributed by atoms with van der Waals surface area (Å²) in [7, 11) is 0. The van der Waals surface area contributed by atoms with Crippen molar-refractivity contribution in [3.63, 3.8) is 0 Å². The number of hydrogen-bond donors (Lipinski definition) is 1. The Labute approximate surface area is 59.0 Å². The van der Waals surface area contributed by atoms with Gasteiger partial charge in [-0.1, -0.05) is 0 Å². The first-order valence-electron chi connectivity index (χ1n) is 3.00. The van der Waals surface area contributed by atoms with Gasteiger partial charge in [0, 0.05) is 0 Å². The van der Waals surface area contributed by atoms with Crippen LogP contribution < -0.4 is 0 Å². The van der Waals surface area contributed by atoms with E-state index in [4.69, 9.17) is 9.52 Å². The maximum Gasteiger partial charge on any atom is 0.147 e. The van der Waals surface area contributed by atoms with E-state index in [2.05, 4.69) is 4.99 Å². The van der Waals surface area contributed by atoms with Crippen molar-refractivity contribution >= 4 is 5.71 Å². The minimum absolute atomic E-state index is 0.188. The molecular formula is C7H9NO2. The van der Waals surface area contributed by atoms with E-state index in [0.29, 0.717) is 11.5 Å². The Balaban J connectivity index is 2.77. The van der Waals surface area contributed by atoms with Crippen molar-refractivity contribution in [3.8, 4) is 0 Å². The molecule has 0 aliphatic heterocycles. The zero-order valence-electron chi connectivity index (χ0n) is 5.74. The third kappa shape index (κ3) is 1.45. The number of aliphatic hydroxyl groups is 1. The fraction of sp³-hybridized carbons (Fsp3) is 0.286. The topological polar surface area (TPSA) is 45.7 Å². The van der Waals surface area contributed by atoms with Crippen LogP contribution in [0.25, 0.3) is 0 Å². The highest BCUT2D eigenvalue weighted by Gasteiger charge is 1.96. The molecule has 0 unspecified atom stereocenters. The number of furan rings is 1. The SMILES string of the molecule is CC(=NCO)c1ccco1. The molecule has 0 spiro atoms. The third-order valence-corrected chi connectivity index (χ3v) is 1.19. The molecule has 3 nitrogen and oxygen atoms in total. The average Bonchev–Trinajstić information content (AvgIpc) is 2.38. The van der Waals surface area contributed by atoms with Crippen LogP contribution in [0.4, 0.5) is 0 Å². The molecule has 0 radical (unpaired) electrons. The lowest BCUT2D eigenvalue weighted by molar-refractivity contribution is 0.309. The van der Waals surface area contributed by atoms with Crippen molar-refractivity contribution in [2.45, 2.75) is 6.92 Å². The Kier molecular flexibility index (Phi) is 2.23. The predicted molar refractivity (Wildman–Crippen MR) is 38.0 cm³/mol. The van der Waals surface area contributed by atoms with Gasteiger partial charge >= 0.3 is 0 Å². The predicted octanol–water partition coefficient (Wildman–Crippen LogP) is 1.04. The molecule has 0 saturated heterocycles. The molecule has 54 valence electrons. The van der Waals surface area contributed by atoms with Gasteiger partial charge in [0.2, 0.25) is 0 Å². The normalized spacial score (nSPS) is 12.0. The van der Waals surface area contributed by atoms with E-state index in [1.54, 1.807) is 25.3 Å². The van der Waals surface area contributed by atoms with Gasteiger partial charge in [-0.2, -0.15) is 0 Å². The highest BCUT2D eigenvalue weighted by atomic mass is 16.3. The Morgan fingerprint density at radius 1 is 1.80 bits per heavy atom. The largest absolute Gasteiger partial charge is 0.463 e. The summed E-state index contributed by atoms with van der Waals surface area (Å²) in [6, 6.07) is 3.58. The summed E-state index contributed by atoms with van der Waals surface area (Å²) < 4.78 is 5.01. The Morgan fingerprint density at radius 3 is 3.10 bits per heavy atom. The van der Waals surface area contributed by atoms with Crippen LogP contribution in [-0.4, -0.2) is 17.5 Å². The van der Waals surface area contributed by atoms with Crippen LogP contribution in [0, 0.1) is 0 Å². The second-order valence-electron chi connectivity index (χ2n) is 1.86. The van der Waals surface area contributed by atoms with Gasteiger partial charge in [-0.25, -0.2) is 0 Å². The summed E-state index contributed by atoms with van der Waals surface area (Å²) in [5.41, 5.74) is 0.715. The molecule has 0 aliphatic carbocycles. The highest BCUT2D eigenvalue weighted by Crippen LogP contribution is 2.01. The van der Waals surface area contributed by atoms with E-state index >= 15 is 0 Å². The van der Waals surface area contributed by atoms with Crippen molar-refractivity contribution in [2.75, 3.05) is 6.73 Å². The molecule has 0 amide bonds. The van der Waals surface area contributed by atoms with Crippen molar-refractivity contribution in [3.05, 3.63) is 24.2 Å². The molecule has 0 aromatic carbocycles. The average molecular weight is 139 g/mol. The van der Waals surface area contributed by atoms with E-state index in [0.717, 1.165) is 0 Å². The summed E-state index contributed by atoms with van der Waals surface area (Å²) in [4.78, 5) is 3.75. The van der Waals surface area contributed by atoms with Crippen molar-refractivity contribution < 1.29 is 9.52 Å². The Bertz CT molecular complexity index is 214. The fourth-order valence-corrected chi connectivity index (χ4v) is 0.668. The molecule has 1 N–H and O–H groups in total. The minimum atomic E-state index is -0.188. The molecule has 0 saturated carbocycles. The Morgan fingerprint density at radius 2 is 2.60 bits per heavy atom. The molecular weight excluding hydrogens is 130 g/mol. The summed E-state index contributed by atoms with van der Waals surface area (Å²) in [5, 5.41) is 8.41. The van der Waals surface area contributed by atoms with Gasteiger partial charge in [-0.3, -0.25) is 4.99 Å². The van der Waals surface area contributed by atoms with Crippen molar-refractivity contribution in [1.82, 2.24) is 0 Å². The maximum atomic E-state index is 8.41. The van der Waals surface area contributed by atoms with Gasteiger partial charge in [0.15, 0.2) is 0 Å². The summed E-state index contributed by atoms with van der Waals surface area (Å²) in [5.74, 6) is 0.703. The molecule has 0 bridgehead atoms. The molecule has 0 aliphatic rings. The van der Waals surface area contributed by atoms with Gasteiger partial charge in [0.1, 0.15) is 12.5 Å². The second kappa shape index (κ2) is 3.17. The van der Waals surface area contributed by atoms with Crippen molar-refractivity contribution in [1.29, 1.82) is 0 Å². The number of aliphatic hydroxyl groups excluding tert-OH is 1. The summed E-state index contributed by atoms with van der Waals surface area (Å²) in [6.45, 7) is 1.60. The first-order chi connectivity index (χ1) is 4.84. The summed E-state index contributed by atoms with van der Waals surface area (Å²) >= 11 is 0. The molecule has 1 aromatic rings. The van der Waals surface area contributed by atoms with E-state index in [1.165, 1.54) is 0 Å². The van der Waals surface area contributed by atoms with Crippen LogP contribution in [0.1, 0.15) is 12.7 Å². The molecule has 1 aromatic heterocycles. The third-order valence-electron chi connectivity index (χ3n) is 1.19. The van der Waals surface area contributed by atoms with E-state index in [9.17, 15) is 0 Å². The van der Waals surface area contributed by atoms with E-state index < -0.39 is 0 Å². The van der Waals surface area contributed by atoms with E-state index in [1.807, 2.05) is 0 Å². The zero-order valence-corrected chi connectivity index (χ0v) is 5.74. The lowest BCUT2D eigenvalue weighted by Crippen LogP contribution is -1.92. The number of nitrogens with zero attached hydrogens (tertiary/aromatic N) is 1. The lowest BCUT2D eigenvalue weighted by atomic mass is 10.3. The molecule has 3 heteroatoms. The molecule has 10 heavy (non-hydrogen) atoms. The molecule has 0 atom stereocenters. The molecule has 0 fully saturated rings. The van der Waals surface area contributed by atoms with Crippen LogP contribution >= 0.6 is 0 Å². The number of rotatable bonds is 2. The zero-order chi connectivity index (χ0) is 7.40. The standard InChI is InChI=1S/C7H9NO2/c1-6(8-5-9)7-3-2-4-10-7/h2-4,9H,5H2,1H3. The van der Waals surface area contributed by atoms with Crippen LogP contribution in [0.15, 0.2) is 27.8 Å².